The van der Waals surface area contributed by atoms with Crippen molar-refractivity contribution >= 4 is 71.0 Å². The van der Waals surface area contributed by atoms with Crippen LogP contribution in [0.25, 0.3) is 0 Å². The maximum atomic E-state index is 14.0. The van der Waals surface area contributed by atoms with Gasteiger partial charge in [0, 0.05) is 19.0 Å². The molecule has 0 radical (unpaired) electrons. The Labute approximate surface area is 145 Å². The second-order valence-corrected chi connectivity index (χ2v) is 7.28. The van der Waals surface area contributed by atoms with Crippen LogP contribution in [0.15, 0.2) is 43.7 Å². The van der Waals surface area contributed by atoms with Crippen molar-refractivity contribution in [2.45, 2.75) is 5.38 Å². The fourth-order valence-corrected chi connectivity index (χ4v) is 3.86. The summed E-state index contributed by atoms with van der Waals surface area (Å²) in [6.45, 7) is 0. The first-order valence-corrected chi connectivity index (χ1v) is 8.33. The molecule has 0 N–H and O–H groups in total. The highest BCUT2D eigenvalue weighted by Crippen LogP contribution is 2.38. The number of alkyl halides is 1. The average molecular weight is 492 g/mol. The maximum Gasteiger partial charge on any atom is 0.129 e. The first-order valence-electron chi connectivity index (χ1n) is 5.13. The lowest BCUT2D eigenvalue weighted by molar-refractivity contribution is 0.611. The van der Waals surface area contributed by atoms with Crippen LogP contribution < -0.4 is 0 Å². The van der Waals surface area contributed by atoms with Crippen LogP contribution in [0.5, 0.6) is 0 Å². The largest absolute Gasteiger partial charge is 0.207 e. The monoisotopic (exact) mass is 488 g/mol. The van der Waals surface area contributed by atoms with E-state index in [1.54, 1.807) is 0 Å². The lowest BCUT2D eigenvalue weighted by Crippen LogP contribution is -1.98. The van der Waals surface area contributed by atoms with Crippen molar-refractivity contribution in [1.82, 2.24) is 0 Å². The molecule has 0 bridgehead atoms. The molecular formula is C13H6Br3Cl2F. The topological polar surface area (TPSA) is 0 Å². The van der Waals surface area contributed by atoms with E-state index in [-0.39, 0.29) is 0 Å². The van der Waals surface area contributed by atoms with Gasteiger partial charge in [-0.3, -0.25) is 0 Å². The van der Waals surface area contributed by atoms with Gasteiger partial charge in [-0.2, -0.15) is 0 Å². The summed E-state index contributed by atoms with van der Waals surface area (Å²) in [5.41, 5.74) is 1.13. The molecule has 6 heteroatoms. The zero-order chi connectivity index (χ0) is 14.2. The normalized spacial score (nSPS) is 12.5. The number of benzene rings is 2. The summed E-state index contributed by atoms with van der Waals surface area (Å²) in [4.78, 5) is 0. The van der Waals surface area contributed by atoms with Crippen molar-refractivity contribution in [1.29, 1.82) is 0 Å². The minimum Gasteiger partial charge on any atom is -0.207 e. The predicted octanol–water partition coefficient (Wildman–Crippen LogP) is 7.09. The van der Waals surface area contributed by atoms with Gasteiger partial charge >= 0.3 is 0 Å². The summed E-state index contributed by atoms with van der Waals surface area (Å²) in [6.07, 6.45) is 0. The van der Waals surface area contributed by atoms with E-state index < -0.39 is 11.2 Å². The highest BCUT2D eigenvalue weighted by Gasteiger charge is 2.19. The van der Waals surface area contributed by atoms with Crippen molar-refractivity contribution in [2.75, 3.05) is 0 Å². The standard InChI is InChI=1S/C13H6Br3Cl2F/c14-6-1-2-7(9(15)3-6)13(18)8-4-11(17)10(16)5-12(8)19/h1-5,13H. The Morgan fingerprint density at radius 2 is 1.63 bits per heavy atom. The second kappa shape index (κ2) is 6.44. The SMILES string of the molecule is Fc1cc(Br)c(Cl)cc1C(Cl)c1ccc(Br)cc1Br. The molecule has 0 saturated heterocycles. The molecule has 0 heterocycles. The Morgan fingerprint density at radius 1 is 0.947 bits per heavy atom. The minimum atomic E-state index is -0.618. The molecule has 2 aromatic carbocycles. The van der Waals surface area contributed by atoms with E-state index in [9.17, 15) is 4.39 Å². The van der Waals surface area contributed by atoms with E-state index in [0.717, 1.165) is 14.5 Å². The molecule has 1 atom stereocenters. The van der Waals surface area contributed by atoms with Crippen LogP contribution in [-0.2, 0) is 0 Å². The minimum absolute atomic E-state index is 0.345. The van der Waals surface area contributed by atoms with Crippen molar-refractivity contribution < 1.29 is 4.39 Å². The number of hydrogen-bond acceptors (Lipinski definition) is 0. The van der Waals surface area contributed by atoms with E-state index in [1.165, 1.54) is 12.1 Å². The number of halogens is 6. The molecule has 0 aliphatic carbocycles. The zero-order valence-electron chi connectivity index (χ0n) is 9.23. The Bertz CT molecular complexity index is 632. The van der Waals surface area contributed by atoms with Crippen LogP contribution in [0.4, 0.5) is 4.39 Å². The van der Waals surface area contributed by atoms with Crippen molar-refractivity contribution in [3.63, 3.8) is 0 Å². The van der Waals surface area contributed by atoms with Gasteiger partial charge in [0.1, 0.15) is 5.82 Å². The highest BCUT2D eigenvalue weighted by atomic mass is 79.9. The molecule has 0 spiro atoms. The first-order chi connectivity index (χ1) is 8.90. The summed E-state index contributed by atoms with van der Waals surface area (Å²) >= 11 is 22.3. The fraction of sp³-hybridized carbons (Fsp3) is 0.0769. The summed E-state index contributed by atoms with van der Waals surface area (Å²) in [6, 6.07) is 8.41. The van der Waals surface area contributed by atoms with Crippen molar-refractivity contribution in [3.05, 3.63) is 65.7 Å². The molecule has 0 saturated carbocycles. The molecular weight excluding hydrogens is 486 g/mol. The summed E-state index contributed by atoms with van der Waals surface area (Å²) in [5.74, 6) is -0.397. The van der Waals surface area contributed by atoms with E-state index in [4.69, 9.17) is 23.2 Å². The Morgan fingerprint density at radius 3 is 2.26 bits per heavy atom. The third-order valence-electron chi connectivity index (χ3n) is 2.55. The summed E-state index contributed by atoms with van der Waals surface area (Å²) in [7, 11) is 0. The fourth-order valence-electron chi connectivity index (χ4n) is 1.61. The summed E-state index contributed by atoms with van der Waals surface area (Å²) in [5, 5.41) is -0.191. The smallest absolute Gasteiger partial charge is 0.129 e. The van der Waals surface area contributed by atoms with Crippen molar-refractivity contribution in [3.8, 4) is 0 Å². The van der Waals surface area contributed by atoms with Gasteiger partial charge in [0.2, 0.25) is 0 Å². The number of rotatable bonds is 2. The Hall–Kier alpha value is 0.390. The van der Waals surface area contributed by atoms with E-state index in [0.29, 0.717) is 15.1 Å². The molecule has 0 amide bonds. The van der Waals surface area contributed by atoms with Gasteiger partial charge in [0.15, 0.2) is 0 Å². The quantitative estimate of drug-likeness (QED) is 0.311. The van der Waals surface area contributed by atoms with Crippen LogP contribution in [0.3, 0.4) is 0 Å². The Balaban J connectivity index is 2.49. The van der Waals surface area contributed by atoms with Crippen LogP contribution in [0.1, 0.15) is 16.5 Å². The van der Waals surface area contributed by atoms with Gasteiger partial charge in [0.05, 0.1) is 10.4 Å². The van der Waals surface area contributed by atoms with Gasteiger partial charge in [-0.05, 0) is 45.8 Å². The molecule has 0 fully saturated rings. The maximum absolute atomic E-state index is 14.0. The van der Waals surface area contributed by atoms with Gasteiger partial charge in [-0.15, -0.1) is 11.6 Å². The van der Waals surface area contributed by atoms with E-state index >= 15 is 0 Å². The average Bonchev–Trinajstić information content (AvgIpc) is 2.33. The molecule has 0 aliphatic heterocycles. The van der Waals surface area contributed by atoms with E-state index in [2.05, 4.69) is 47.8 Å². The van der Waals surface area contributed by atoms with Crippen LogP contribution in [0, 0.1) is 5.82 Å². The third-order valence-corrected chi connectivity index (χ3v) is 5.40. The van der Waals surface area contributed by atoms with Gasteiger partial charge < -0.3 is 0 Å². The molecule has 19 heavy (non-hydrogen) atoms. The molecule has 1 unspecified atom stereocenters. The Kier molecular flexibility index (Phi) is 5.34. The van der Waals surface area contributed by atoms with Crippen LogP contribution in [-0.4, -0.2) is 0 Å². The third kappa shape index (κ3) is 3.53. The summed E-state index contributed by atoms with van der Waals surface area (Å²) < 4.78 is 16.2. The second-order valence-electron chi connectivity index (χ2n) is 3.82. The molecule has 0 aromatic heterocycles. The zero-order valence-corrected chi connectivity index (χ0v) is 15.5. The van der Waals surface area contributed by atoms with Crippen LogP contribution >= 0.6 is 71.0 Å². The molecule has 2 rings (SSSR count). The van der Waals surface area contributed by atoms with Gasteiger partial charge in [0.25, 0.3) is 0 Å². The molecule has 100 valence electrons. The predicted molar refractivity (Wildman–Crippen MR) is 88.6 cm³/mol. The lowest BCUT2D eigenvalue weighted by atomic mass is 10.0. The van der Waals surface area contributed by atoms with Gasteiger partial charge in [-0.25, -0.2) is 4.39 Å². The lowest BCUT2D eigenvalue weighted by Gasteiger charge is -2.14. The molecule has 0 aliphatic rings. The first kappa shape index (κ1) is 15.8. The molecule has 0 nitrogen and oxygen atoms in total. The van der Waals surface area contributed by atoms with Crippen LogP contribution in [0.2, 0.25) is 5.02 Å². The number of hydrogen-bond donors (Lipinski definition) is 0. The highest BCUT2D eigenvalue weighted by molar-refractivity contribution is 9.11. The van der Waals surface area contributed by atoms with Crippen molar-refractivity contribution in [2.24, 2.45) is 0 Å². The van der Waals surface area contributed by atoms with Gasteiger partial charge in [-0.1, -0.05) is 49.5 Å². The van der Waals surface area contributed by atoms with E-state index in [1.807, 2.05) is 18.2 Å². The molecule has 2 aromatic rings.